The first-order valence-corrected chi connectivity index (χ1v) is 10.9. The summed E-state index contributed by atoms with van der Waals surface area (Å²) in [6, 6.07) is 10.5. The standard InChI is InChI=1S/C22H20Cl2N4O3/c23-16-3-13(4-17(24)7-16)10-31-21(30)28-11-22(12-28)8-14(9-22)5-20(29)15-1-2-18-19(6-15)26-27-25-18/h1-4,6-7,14H,5,8-12H2,(H,25,26,27). The number of aromatic amines is 1. The Balaban J connectivity index is 1.07. The summed E-state index contributed by atoms with van der Waals surface area (Å²) in [7, 11) is 0. The van der Waals surface area contributed by atoms with Crippen molar-refractivity contribution >= 4 is 46.1 Å². The molecular formula is C22H20Cl2N4O3. The van der Waals surface area contributed by atoms with Gasteiger partial charge in [-0.05, 0) is 60.7 Å². The highest BCUT2D eigenvalue weighted by atomic mass is 35.5. The van der Waals surface area contributed by atoms with Gasteiger partial charge < -0.3 is 9.64 Å². The van der Waals surface area contributed by atoms with Crippen LogP contribution in [0.15, 0.2) is 36.4 Å². The third-order valence-corrected chi connectivity index (χ3v) is 6.59. The van der Waals surface area contributed by atoms with Crippen LogP contribution in [-0.4, -0.2) is 45.3 Å². The number of likely N-dealkylation sites (tertiary alicyclic amines) is 1. The number of hydrogen-bond acceptors (Lipinski definition) is 5. The van der Waals surface area contributed by atoms with E-state index in [1.54, 1.807) is 41.3 Å². The summed E-state index contributed by atoms with van der Waals surface area (Å²) < 4.78 is 5.38. The van der Waals surface area contributed by atoms with Crippen molar-refractivity contribution in [2.45, 2.75) is 25.9 Å². The molecule has 1 spiro atoms. The van der Waals surface area contributed by atoms with Crippen LogP contribution in [0.4, 0.5) is 4.79 Å². The van der Waals surface area contributed by atoms with Gasteiger partial charge in [-0.2, -0.15) is 15.4 Å². The van der Waals surface area contributed by atoms with Gasteiger partial charge in [-0.1, -0.05) is 23.2 Å². The molecule has 0 unspecified atom stereocenters. The molecule has 1 saturated heterocycles. The average Bonchev–Trinajstić information content (AvgIpc) is 3.13. The predicted octanol–water partition coefficient (Wildman–Crippen LogP) is 4.89. The van der Waals surface area contributed by atoms with Crippen molar-refractivity contribution in [3.63, 3.8) is 0 Å². The lowest BCUT2D eigenvalue weighted by atomic mass is 9.56. The number of amides is 1. The summed E-state index contributed by atoms with van der Waals surface area (Å²) in [6.07, 6.45) is 2.10. The quantitative estimate of drug-likeness (QED) is 0.549. The molecule has 0 bridgehead atoms. The van der Waals surface area contributed by atoms with Crippen molar-refractivity contribution in [2.24, 2.45) is 11.3 Å². The molecule has 9 heteroatoms. The van der Waals surface area contributed by atoms with Crippen LogP contribution in [-0.2, 0) is 11.3 Å². The van der Waals surface area contributed by atoms with Gasteiger partial charge in [-0.15, -0.1) is 0 Å². The minimum Gasteiger partial charge on any atom is -0.445 e. The molecule has 1 aromatic heterocycles. The zero-order valence-corrected chi connectivity index (χ0v) is 18.1. The monoisotopic (exact) mass is 458 g/mol. The van der Waals surface area contributed by atoms with Crippen molar-refractivity contribution < 1.29 is 14.3 Å². The Morgan fingerprint density at radius 2 is 1.77 bits per heavy atom. The highest BCUT2D eigenvalue weighted by Crippen LogP contribution is 2.53. The molecular weight excluding hydrogens is 439 g/mol. The van der Waals surface area contributed by atoms with Gasteiger partial charge in [-0.25, -0.2) is 4.79 Å². The van der Waals surface area contributed by atoms with E-state index in [-0.39, 0.29) is 23.9 Å². The second kappa shape index (κ2) is 7.80. The number of benzene rings is 2. The van der Waals surface area contributed by atoms with Gasteiger partial charge in [0.2, 0.25) is 0 Å². The predicted molar refractivity (Wildman–Crippen MR) is 116 cm³/mol. The van der Waals surface area contributed by atoms with E-state index in [0.29, 0.717) is 46.6 Å². The van der Waals surface area contributed by atoms with E-state index in [0.717, 1.165) is 23.9 Å². The number of aromatic nitrogens is 3. The van der Waals surface area contributed by atoms with Crippen LogP contribution in [0.3, 0.4) is 0 Å². The van der Waals surface area contributed by atoms with E-state index < -0.39 is 0 Å². The van der Waals surface area contributed by atoms with Gasteiger partial charge >= 0.3 is 6.09 Å². The first-order chi connectivity index (χ1) is 14.9. The van der Waals surface area contributed by atoms with E-state index in [1.807, 2.05) is 0 Å². The van der Waals surface area contributed by atoms with Crippen LogP contribution in [0, 0.1) is 11.3 Å². The van der Waals surface area contributed by atoms with Crippen molar-refractivity contribution in [2.75, 3.05) is 13.1 Å². The lowest BCUT2D eigenvalue weighted by Crippen LogP contribution is -2.63. The molecule has 7 nitrogen and oxygen atoms in total. The summed E-state index contributed by atoms with van der Waals surface area (Å²) in [5.74, 6) is 0.479. The van der Waals surface area contributed by atoms with Crippen LogP contribution in [0.25, 0.3) is 11.0 Å². The third-order valence-electron chi connectivity index (χ3n) is 6.15. The lowest BCUT2D eigenvalue weighted by Gasteiger charge is -2.58. The molecule has 0 atom stereocenters. The number of nitrogens with zero attached hydrogens (tertiary/aromatic N) is 3. The van der Waals surface area contributed by atoms with E-state index in [9.17, 15) is 9.59 Å². The molecule has 1 N–H and O–H groups in total. The Kier molecular flexibility index (Phi) is 5.10. The van der Waals surface area contributed by atoms with E-state index in [1.165, 1.54) is 0 Å². The Morgan fingerprint density at radius 1 is 1.06 bits per heavy atom. The van der Waals surface area contributed by atoms with E-state index >= 15 is 0 Å². The summed E-state index contributed by atoms with van der Waals surface area (Å²) in [6.45, 7) is 1.49. The van der Waals surface area contributed by atoms with Crippen LogP contribution in [0.1, 0.15) is 35.2 Å². The molecule has 5 rings (SSSR count). The van der Waals surface area contributed by atoms with Gasteiger partial charge in [0.25, 0.3) is 0 Å². The molecule has 0 radical (unpaired) electrons. The van der Waals surface area contributed by atoms with E-state index in [2.05, 4.69) is 15.4 Å². The average molecular weight is 459 g/mol. The number of ether oxygens (including phenoxy) is 1. The molecule has 2 fully saturated rings. The van der Waals surface area contributed by atoms with E-state index in [4.69, 9.17) is 27.9 Å². The first kappa shape index (κ1) is 20.3. The van der Waals surface area contributed by atoms with Gasteiger partial charge in [0.1, 0.15) is 17.6 Å². The number of halogens is 2. The fourth-order valence-electron chi connectivity index (χ4n) is 4.78. The number of H-pyrrole nitrogens is 1. The highest BCUT2D eigenvalue weighted by molar-refractivity contribution is 6.34. The Labute approximate surface area is 188 Å². The lowest BCUT2D eigenvalue weighted by molar-refractivity contribution is -0.0850. The first-order valence-electron chi connectivity index (χ1n) is 10.1. The molecule has 1 aliphatic carbocycles. The smallest absolute Gasteiger partial charge is 0.410 e. The maximum Gasteiger partial charge on any atom is 0.410 e. The minimum absolute atomic E-state index is 0.125. The molecule has 1 amide bonds. The maximum atomic E-state index is 12.6. The zero-order valence-electron chi connectivity index (χ0n) is 16.6. The highest BCUT2D eigenvalue weighted by Gasteiger charge is 2.54. The number of rotatable bonds is 5. The number of fused-ring (bicyclic) bond motifs is 1. The molecule has 3 aromatic rings. The van der Waals surface area contributed by atoms with Crippen LogP contribution in [0.5, 0.6) is 0 Å². The second-order valence-electron chi connectivity index (χ2n) is 8.62. The van der Waals surface area contributed by atoms with Gasteiger partial charge in [0.15, 0.2) is 5.78 Å². The fraction of sp³-hybridized carbons (Fsp3) is 0.364. The number of ketones is 1. The van der Waals surface area contributed by atoms with Gasteiger partial charge in [-0.3, -0.25) is 4.79 Å². The SMILES string of the molecule is O=C(CC1CC2(C1)CN(C(=O)OCc1cc(Cl)cc(Cl)c1)C2)c1ccc2n[nH]nc2c1. The Hall–Kier alpha value is -2.64. The molecule has 1 saturated carbocycles. The van der Waals surface area contributed by atoms with Crippen molar-refractivity contribution in [1.82, 2.24) is 20.3 Å². The molecule has 2 heterocycles. The number of Topliss-reactive ketones (excluding diaryl/α,β-unsaturated/α-hetero) is 1. The minimum atomic E-state index is -0.331. The van der Waals surface area contributed by atoms with Crippen LogP contribution in [0.2, 0.25) is 10.0 Å². The number of carbonyl (C=O) groups is 2. The summed E-state index contributed by atoms with van der Waals surface area (Å²) in [4.78, 5) is 26.6. The second-order valence-corrected chi connectivity index (χ2v) is 9.49. The summed E-state index contributed by atoms with van der Waals surface area (Å²) in [5.41, 5.74) is 3.01. The maximum absolute atomic E-state index is 12.6. The number of hydrogen-bond donors (Lipinski definition) is 1. The van der Waals surface area contributed by atoms with Crippen molar-refractivity contribution in [1.29, 1.82) is 0 Å². The van der Waals surface area contributed by atoms with Crippen LogP contribution >= 0.6 is 23.2 Å². The molecule has 2 aliphatic rings. The van der Waals surface area contributed by atoms with Gasteiger partial charge in [0.05, 0.1) is 0 Å². The van der Waals surface area contributed by atoms with Crippen molar-refractivity contribution in [3.05, 3.63) is 57.6 Å². The molecule has 1 aliphatic heterocycles. The van der Waals surface area contributed by atoms with Gasteiger partial charge in [0, 0.05) is 40.5 Å². The van der Waals surface area contributed by atoms with Crippen LogP contribution < -0.4 is 0 Å². The Morgan fingerprint density at radius 3 is 2.52 bits per heavy atom. The fourth-order valence-corrected chi connectivity index (χ4v) is 5.36. The topological polar surface area (TPSA) is 88.2 Å². The Bertz CT molecular complexity index is 1140. The zero-order chi connectivity index (χ0) is 21.6. The summed E-state index contributed by atoms with van der Waals surface area (Å²) >= 11 is 11.9. The van der Waals surface area contributed by atoms with Crippen molar-refractivity contribution in [3.8, 4) is 0 Å². The molecule has 31 heavy (non-hydrogen) atoms. The number of nitrogens with one attached hydrogen (secondary N) is 1. The third kappa shape index (κ3) is 4.12. The molecule has 2 aromatic carbocycles. The normalized spacial score (nSPS) is 17.4. The number of carbonyl (C=O) groups excluding carboxylic acids is 2. The molecule has 160 valence electrons. The summed E-state index contributed by atoms with van der Waals surface area (Å²) in [5, 5.41) is 11.6. The largest absolute Gasteiger partial charge is 0.445 e.